The number of hydrogen-bond donors (Lipinski definition) is 1. The molecule has 1 aromatic carbocycles. The fourth-order valence-corrected chi connectivity index (χ4v) is 4.45. The summed E-state index contributed by atoms with van der Waals surface area (Å²) in [6, 6.07) is 7.65. The minimum absolute atomic E-state index is 0.0140. The first-order valence-electron chi connectivity index (χ1n) is 10.1. The van der Waals surface area contributed by atoms with Crippen LogP contribution < -0.4 is 10.9 Å². The zero-order chi connectivity index (χ0) is 19.9. The molecule has 0 aliphatic heterocycles. The Hall–Kier alpha value is -1.86. The van der Waals surface area contributed by atoms with Gasteiger partial charge < -0.3 is 10.1 Å². The predicted molar refractivity (Wildman–Crippen MR) is 113 cm³/mol. The van der Waals surface area contributed by atoms with E-state index in [1.807, 2.05) is 32.0 Å². The number of ether oxygens (including phenoxy) is 1. The van der Waals surface area contributed by atoms with Crippen LogP contribution in [-0.4, -0.2) is 40.0 Å². The van der Waals surface area contributed by atoms with E-state index in [9.17, 15) is 9.59 Å². The van der Waals surface area contributed by atoms with Crippen LogP contribution in [-0.2, 0) is 16.1 Å². The summed E-state index contributed by atoms with van der Waals surface area (Å²) in [5.41, 5.74) is 0.604. The van der Waals surface area contributed by atoms with Crippen LogP contribution in [0.4, 0.5) is 0 Å². The summed E-state index contributed by atoms with van der Waals surface area (Å²) in [7, 11) is 0. The molecule has 0 saturated heterocycles. The Bertz CT molecular complexity index is 862. The van der Waals surface area contributed by atoms with Crippen LogP contribution in [0.2, 0.25) is 0 Å². The number of hydrogen-bond acceptors (Lipinski definition) is 5. The second kappa shape index (κ2) is 10.1. The van der Waals surface area contributed by atoms with Crippen molar-refractivity contribution in [3.05, 3.63) is 34.6 Å². The molecule has 3 rings (SSSR count). The highest BCUT2D eigenvalue weighted by Gasteiger charge is 2.23. The van der Waals surface area contributed by atoms with E-state index >= 15 is 0 Å². The molecule has 1 saturated carbocycles. The van der Waals surface area contributed by atoms with Crippen LogP contribution in [0.25, 0.3) is 10.9 Å². The zero-order valence-electron chi connectivity index (χ0n) is 16.6. The van der Waals surface area contributed by atoms with Crippen molar-refractivity contribution < 1.29 is 9.53 Å². The van der Waals surface area contributed by atoms with Gasteiger partial charge in [0.25, 0.3) is 5.56 Å². The molecule has 1 heterocycles. The first kappa shape index (κ1) is 20.9. The molecule has 2 aromatic rings. The Labute approximate surface area is 170 Å². The minimum Gasteiger partial charge on any atom is -0.382 e. The molecule has 28 heavy (non-hydrogen) atoms. The largest absolute Gasteiger partial charge is 0.382 e. The smallest absolute Gasteiger partial charge is 0.262 e. The summed E-state index contributed by atoms with van der Waals surface area (Å²) in [6.45, 7) is 5.61. The van der Waals surface area contributed by atoms with Gasteiger partial charge in [-0.1, -0.05) is 36.7 Å². The number of fused-ring (bicyclic) bond motifs is 1. The standard InChI is InChI=1S/C21H29N3O3S/c1-3-27-14-8-13-24-20(26)17-11-6-7-12-18(17)23-21(24)28-15(2)19(25)22-16-9-4-5-10-16/h6-7,11-12,15-16H,3-5,8-10,13-14H2,1-2H3,(H,22,25)/t15-/m0/s1. The fraction of sp³-hybridized carbons (Fsp3) is 0.571. The maximum Gasteiger partial charge on any atom is 0.262 e. The molecule has 1 aliphatic carbocycles. The van der Waals surface area contributed by atoms with Crippen molar-refractivity contribution in [2.24, 2.45) is 0 Å². The summed E-state index contributed by atoms with van der Waals surface area (Å²) < 4.78 is 7.10. The Balaban J connectivity index is 1.80. The highest BCUT2D eigenvalue weighted by molar-refractivity contribution is 8.00. The Morgan fingerprint density at radius 3 is 2.86 bits per heavy atom. The van der Waals surface area contributed by atoms with Gasteiger partial charge in [0.2, 0.25) is 5.91 Å². The topological polar surface area (TPSA) is 73.2 Å². The summed E-state index contributed by atoms with van der Waals surface area (Å²) in [5.74, 6) is 0.0140. The van der Waals surface area contributed by atoms with Gasteiger partial charge in [0.15, 0.2) is 5.16 Å². The summed E-state index contributed by atoms with van der Waals surface area (Å²) in [5, 5.41) is 4.02. The second-order valence-electron chi connectivity index (χ2n) is 7.17. The molecule has 1 aromatic heterocycles. The van der Waals surface area contributed by atoms with Gasteiger partial charge >= 0.3 is 0 Å². The molecule has 0 unspecified atom stereocenters. The van der Waals surface area contributed by atoms with Gasteiger partial charge in [0.05, 0.1) is 16.2 Å². The van der Waals surface area contributed by atoms with Crippen LogP contribution in [0, 0.1) is 0 Å². The Morgan fingerprint density at radius 2 is 2.11 bits per heavy atom. The molecule has 0 radical (unpaired) electrons. The van der Waals surface area contributed by atoms with Gasteiger partial charge in [-0.15, -0.1) is 0 Å². The molecule has 6 nitrogen and oxygen atoms in total. The molecule has 1 fully saturated rings. The van der Waals surface area contributed by atoms with E-state index < -0.39 is 0 Å². The lowest BCUT2D eigenvalue weighted by atomic mass is 10.2. The number of amides is 1. The van der Waals surface area contributed by atoms with E-state index in [-0.39, 0.29) is 22.8 Å². The van der Waals surface area contributed by atoms with Gasteiger partial charge in [-0.3, -0.25) is 14.2 Å². The molecule has 1 aliphatic rings. The van der Waals surface area contributed by atoms with Crippen LogP contribution in [0.15, 0.2) is 34.2 Å². The normalized spacial score (nSPS) is 15.8. The summed E-state index contributed by atoms with van der Waals surface area (Å²) in [4.78, 5) is 30.3. The van der Waals surface area contributed by atoms with Crippen molar-refractivity contribution in [1.82, 2.24) is 14.9 Å². The van der Waals surface area contributed by atoms with Crippen molar-refractivity contribution in [1.29, 1.82) is 0 Å². The number of thioether (sulfide) groups is 1. The molecule has 0 spiro atoms. The first-order chi connectivity index (χ1) is 13.6. The molecular formula is C21H29N3O3S. The zero-order valence-corrected chi connectivity index (χ0v) is 17.5. The summed E-state index contributed by atoms with van der Waals surface area (Å²) in [6.07, 6.45) is 5.19. The molecule has 152 valence electrons. The Kier molecular flexibility index (Phi) is 7.50. The van der Waals surface area contributed by atoms with Crippen LogP contribution in [0.5, 0.6) is 0 Å². The number of nitrogens with zero attached hydrogens (tertiary/aromatic N) is 2. The highest BCUT2D eigenvalue weighted by Crippen LogP contribution is 2.24. The third-order valence-corrected chi connectivity index (χ3v) is 6.14. The minimum atomic E-state index is -0.313. The van der Waals surface area contributed by atoms with Gasteiger partial charge in [-0.05, 0) is 45.2 Å². The van der Waals surface area contributed by atoms with E-state index in [0.29, 0.717) is 35.8 Å². The monoisotopic (exact) mass is 403 g/mol. The van der Waals surface area contributed by atoms with Gasteiger partial charge in [0, 0.05) is 25.8 Å². The van der Waals surface area contributed by atoms with E-state index in [0.717, 1.165) is 19.3 Å². The number of benzene rings is 1. The Morgan fingerprint density at radius 1 is 1.36 bits per heavy atom. The number of rotatable bonds is 9. The first-order valence-corrected chi connectivity index (χ1v) is 11.0. The SMILES string of the molecule is CCOCCCn1c(S[C@@H](C)C(=O)NC2CCCC2)nc2ccccc2c1=O. The molecular weight excluding hydrogens is 374 g/mol. The van der Waals surface area contributed by atoms with Crippen LogP contribution in [0.1, 0.15) is 46.0 Å². The molecule has 1 amide bonds. The fourth-order valence-electron chi connectivity index (χ4n) is 3.50. The molecule has 0 bridgehead atoms. The van der Waals surface area contributed by atoms with Crippen molar-refractivity contribution in [2.75, 3.05) is 13.2 Å². The van der Waals surface area contributed by atoms with Crippen LogP contribution in [0.3, 0.4) is 0 Å². The molecule has 1 N–H and O–H groups in total. The maximum atomic E-state index is 13.0. The second-order valence-corrected chi connectivity index (χ2v) is 8.48. The van der Waals surface area contributed by atoms with E-state index in [4.69, 9.17) is 9.72 Å². The lowest BCUT2D eigenvalue weighted by Gasteiger charge is -2.18. The summed E-state index contributed by atoms with van der Waals surface area (Å²) >= 11 is 1.35. The number of nitrogens with one attached hydrogen (secondary N) is 1. The van der Waals surface area contributed by atoms with E-state index in [1.165, 1.54) is 24.6 Å². The lowest BCUT2D eigenvalue weighted by Crippen LogP contribution is -2.38. The van der Waals surface area contributed by atoms with Crippen molar-refractivity contribution in [3.63, 3.8) is 0 Å². The third kappa shape index (κ3) is 5.14. The van der Waals surface area contributed by atoms with Crippen molar-refractivity contribution in [3.8, 4) is 0 Å². The van der Waals surface area contributed by atoms with Crippen molar-refractivity contribution >= 4 is 28.6 Å². The van der Waals surface area contributed by atoms with Gasteiger partial charge in [0.1, 0.15) is 0 Å². The van der Waals surface area contributed by atoms with E-state index in [1.54, 1.807) is 10.6 Å². The van der Waals surface area contributed by atoms with E-state index in [2.05, 4.69) is 5.32 Å². The number of aromatic nitrogens is 2. The molecule has 7 heteroatoms. The third-order valence-electron chi connectivity index (χ3n) is 5.05. The molecule has 1 atom stereocenters. The number of carbonyl (C=O) groups is 1. The highest BCUT2D eigenvalue weighted by atomic mass is 32.2. The van der Waals surface area contributed by atoms with Crippen molar-refractivity contribution in [2.45, 2.75) is 68.9 Å². The lowest BCUT2D eigenvalue weighted by molar-refractivity contribution is -0.120. The number of carbonyl (C=O) groups excluding carboxylic acids is 1. The average Bonchev–Trinajstić information content (AvgIpc) is 3.20. The quantitative estimate of drug-likeness (QED) is 0.395. The van der Waals surface area contributed by atoms with Gasteiger partial charge in [-0.2, -0.15) is 0 Å². The average molecular weight is 404 g/mol. The predicted octanol–water partition coefficient (Wildman–Crippen LogP) is 3.36. The van der Waals surface area contributed by atoms with Crippen LogP contribution >= 0.6 is 11.8 Å². The number of para-hydroxylation sites is 1. The maximum absolute atomic E-state index is 13.0. The van der Waals surface area contributed by atoms with Gasteiger partial charge in [-0.25, -0.2) is 4.98 Å².